The van der Waals surface area contributed by atoms with E-state index in [1.165, 1.54) is 20.5 Å². The van der Waals surface area contributed by atoms with Crippen LogP contribution in [0.3, 0.4) is 0 Å². The number of rotatable bonds is 3. The number of carbonyl (C=O) groups is 1. The molecule has 1 aliphatic heterocycles. The second-order valence-corrected chi connectivity index (χ2v) is 9.09. The molecule has 1 amide bonds. The third kappa shape index (κ3) is 3.13. The highest BCUT2D eigenvalue weighted by molar-refractivity contribution is 7.88. The molecule has 2 aliphatic rings. The van der Waals surface area contributed by atoms with E-state index in [9.17, 15) is 18.5 Å². The largest absolute Gasteiger partial charge is 0.315 e. The molecule has 0 aromatic carbocycles. The van der Waals surface area contributed by atoms with Gasteiger partial charge in [-0.25, -0.2) is 8.42 Å². The predicted octanol–water partition coefficient (Wildman–Crippen LogP) is 1.86. The molecule has 1 aromatic rings. The van der Waals surface area contributed by atoms with Crippen molar-refractivity contribution >= 4 is 32.3 Å². The van der Waals surface area contributed by atoms with Gasteiger partial charge in [0.25, 0.3) is 0 Å². The summed E-state index contributed by atoms with van der Waals surface area (Å²) in [7, 11) is -3.41. The maximum Gasteiger partial charge on any atom is 0.243 e. The number of anilines is 1. The lowest BCUT2D eigenvalue weighted by molar-refractivity contribution is -0.120. The number of piperidine rings is 1. The second-order valence-electron chi connectivity index (χ2n) is 6.05. The van der Waals surface area contributed by atoms with Crippen LogP contribution in [0.15, 0.2) is 0 Å². The fourth-order valence-corrected chi connectivity index (χ4v) is 5.74. The Balaban J connectivity index is 1.83. The summed E-state index contributed by atoms with van der Waals surface area (Å²) in [4.78, 5) is 13.8. The Bertz CT molecular complexity index is 777. The summed E-state index contributed by atoms with van der Waals surface area (Å²) >= 11 is 1.45. The molecule has 124 valence electrons. The number of thiophene rings is 1. The van der Waals surface area contributed by atoms with Gasteiger partial charge in [-0.05, 0) is 37.7 Å². The van der Waals surface area contributed by atoms with Gasteiger partial charge in [-0.3, -0.25) is 4.79 Å². The van der Waals surface area contributed by atoms with Crippen LogP contribution in [0.25, 0.3) is 0 Å². The number of aryl methyl sites for hydroxylation is 1. The topological polar surface area (TPSA) is 90.3 Å². The summed E-state index contributed by atoms with van der Waals surface area (Å²) in [5.74, 6) is -0.327. The number of hydrogen-bond donors (Lipinski definition) is 1. The highest BCUT2D eigenvalue weighted by Crippen LogP contribution is 2.38. The minimum absolute atomic E-state index is 0.327. The lowest BCUT2D eigenvalue weighted by atomic mass is 10.0. The summed E-state index contributed by atoms with van der Waals surface area (Å²) in [6.07, 6.45) is 6.14. The predicted molar refractivity (Wildman–Crippen MR) is 88.9 cm³/mol. The van der Waals surface area contributed by atoms with Crippen LogP contribution in [0.4, 0.5) is 5.00 Å². The Morgan fingerprint density at radius 2 is 2.13 bits per heavy atom. The van der Waals surface area contributed by atoms with Crippen LogP contribution in [-0.2, 0) is 27.7 Å². The van der Waals surface area contributed by atoms with Crippen molar-refractivity contribution in [1.82, 2.24) is 4.31 Å². The smallest absolute Gasteiger partial charge is 0.243 e. The standard InChI is InChI=1S/C15H19N3O3S2/c1-23(20,21)18-8-3-2-6-12(18)14(19)17-15-11(9-16)10-5-4-7-13(10)22-15/h12H,2-8H2,1H3,(H,17,19). The highest BCUT2D eigenvalue weighted by atomic mass is 32.2. The van der Waals surface area contributed by atoms with E-state index >= 15 is 0 Å². The van der Waals surface area contributed by atoms with Crippen molar-refractivity contribution in [3.05, 3.63) is 16.0 Å². The van der Waals surface area contributed by atoms with Gasteiger partial charge >= 0.3 is 0 Å². The molecule has 1 unspecified atom stereocenters. The number of carbonyl (C=O) groups excluding carboxylic acids is 1. The second kappa shape index (κ2) is 6.23. The Labute approximate surface area is 140 Å². The van der Waals surface area contributed by atoms with E-state index in [0.29, 0.717) is 23.5 Å². The van der Waals surface area contributed by atoms with Crippen LogP contribution < -0.4 is 5.32 Å². The van der Waals surface area contributed by atoms with Crippen LogP contribution in [0, 0.1) is 11.3 Å². The van der Waals surface area contributed by atoms with Crippen LogP contribution in [0.2, 0.25) is 0 Å². The molecule has 0 spiro atoms. The van der Waals surface area contributed by atoms with Crippen molar-refractivity contribution in [3.63, 3.8) is 0 Å². The van der Waals surface area contributed by atoms with Gasteiger partial charge in [0.1, 0.15) is 17.1 Å². The molecule has 0 bridgehead atoms. The van der Waals surface area contributed by atoms with E-state index in [0.717, 1.165) is 43.9 Å². The van der Waals surface area contributed by atoms with Crippen molar-refractivity contribution in [2.45, 2.75) is 44.6 Å². The third-order valence-corrected chi connectivity index (χ3v) is 6.95. The molecule has 0 radical (unpaired) electrons. The number of nitriles is 1. The number of nitrogens with one attached hydrogen (secondary N) is 1. The maximum absolute atomic E-state index is 12.6. The van der Waals surface area contributed by atoms with Crippen LogP contribution >= 0.6 is 11.3 Å². The SMILES string of the molecule is CS(=O)(=O)N1CCCCC1C(=O)Nc1sc2c(c1C#N)CCC2. The Morgan fingerprint density at radius 1 is 1.35 bits per heavy atom. The molecule has 6 nitrogen and oxygen atoms in total. The summed E-state index contributed by atoms with van der Waals surface area (Å²) < 4.78 is 25.1. The minimum atomic E-state index is -3.41. The highest BCUT2D eigenvalue weighted by Gasteiger charge is 2.35. The first-order valence-corrected chi connectivity index (χ1v) is 10.4. The van der Waals surface area contributed by atoms with Crippen molar-refractivity contribution < 1.29 is 13.2 Å². The molecule has 0 saturated carbocycles. The van der Waals surface area contributed by atoms with Gasteiger partial charge in [0.15, 0.2) is 0 Å². The van der Waals surface area contributed by atoms with Crippen molar-refractivity contribution in [2.75, 3.05) is 18.1 Å². The first kappa shape index (κ1) is 16.4. The van der Waals surface area contributed by atoms with Gasteiger partial charge in [-0.15, -0.1) is 11.3 Å². The van der Waals surface area contributed by atoms with E-state index in [4.69, 9.17) is 0 Å². The Morgan fingerprint density at radius 3 is 2.83 bits per heavy atom. The first-order chi connectivity index (χ1) is 10.9. The quantitative estimate of drug-likeness (QED) is 0.898. The van der Waals surface area contributed by atoms with Crippen molar-refractivity contribution in [2.24, 2.45) is 0 Å². The molecular weight excluding hydrogens is 334 g/mol. The average molecular weight is 353 g/mol. The van der Waals surface area contributed by atoms with E-state index in [1.807, 2.05) is 0 Å². The van der Waals surface area contributed by atoms with Crippen LogP contribution in [-0.4, -0.2) is 37.5 Å². The number of fused-ring (bicyclic) bond motifs is 1. The summed E-state index contributed by atoms with van der Waals surface area (Å²) in [6.45, 7) is 0.378. The Hall–Kier alpha value is -1.43. The van der Waals surface area contributed by atoms with Crippen molar-refractivity contribution in [3.8, 4) is 6.07 Å². The third-order valence-electron chi connectivity index (χ3n) is 4.45. The molecule has 3 rings (SSSR count). The molecule has 2 heterocycles. The molecule has 23 heavy (non-hydrogen) atoms. The number of amides is 1. The first-order valence-electron chi connectivity index (χ1n) is 7.74. The van der Waals surface area contributed by atoms with Crippen LogP contribution in [0.1, 0.15) is 41.7 Å². The molecule has 8 heteroatoms. The minimum Gasteiger partial charge on any atom is -0.315 e. The molecule has 1 aliphatic carbocycles. The van der Waals surface area contributed by atoms with Gasteiger partial charge in [0.05, 0.1) is 11.8 Å². The number of sulfonamides is 1. The maximum atomic E-state index is 12.6. The molecule has 1 N–H and O–H groups in total. The van der Waals surface area contributed by atoms with Crippen molar-refractivity contribution in [1.29, 1.82) is 5.26 Å². The molecule has 1 atom stereocenters. The van der Waals surface area contributed by atoms with Gasteiger partial charge in [0.2, 0.25) is 15.9 Å². The van der Waals surface area contributed by atoms with E-state index in [-0.39, 0.29) is 5.91 Å². The van der Waals surface area contributed by atoms with Gasteiger partial charge < -0.3 is 5.32 Å². The fourth-order valence-electron chi connectivity index (χ4n) is 3.37. The van der Waals surface area contributed by atoms with Crippen LogP contribution in [0.5, 0.6) is 0 Å². The fraction of sp³-hybridized carbons (Fsp3) is 0.600. The number of hydrogen-bond acceptors (Lipinski definition) is 5. The van der Waals surface area contributed by atoms with E-state index in [2.05, 4.69) is 11.4 Å². The molecule has 1 aromatic heterocycles. The van der Waals surface area contributed by atoms with E-state index in [1.54, 1.807) is 0 Å². The average Bonchev–Trinajstić information content (AvgIpc) is 3.06. The Kier molecular flexibility index (Phi) is 4.45. The molecular formula is C15H19N3O3S2. The zero-order valence-corrected chi connectivity index (χ0v) is 14.6. The van der Waals surface area contributed by atoms with E-state index < -0.39 is 16.1 Å². The lowest BCUT2D eigenvalue weighted by Crippen LogP contribution is -2.49. The van der Waals surface area contributed by atoms with Gasteiger partial charge in [-0.1, -0.05) is 6.42 Å². The van der Waals surface area contributed by atoms with Gasteiger partial charge in [0, 0.05) is 11.4 Å². The van der Waals surface area contributed by atoms with Gasteiger partial charge in [-0.2, -0.15) is 9.57 Å². The summed E-state index contributed by atoms with van der Waals surface area (Å²) in [5.41, 5.74) is 1.61. The zero-order chi connectivity index (χ0) is 16.6. The monoisotopic (exact) mass is 353 g/mol. The summed E-state index contributed by atoms with van der Waals surface area (Å²) in [6, 6.07) is 1.51. The molecule has 1 saturated heterocycles. The zero-order valence-electron chi connectivity index (χ0n) is 13.0. The normalized spacial score (nSPS) is 21.7. The summed E-state index contributed by atoms with van der Waals surface area (Å²) in [5, 5.41) is 12.8. The number of nitrogens with zero attached hydrogens (tertiary/aromatic N) is 2. The lowest BCUT2D eigenvalue weighted by Gasteiger charge is -2.32. The molecule has 1 fully saturated rings.